The van der Waals surface area contributed by atoms with E-state index in [1.807, 2.05) is 0 Å². The van der Waals surface area contributed by atoms with Crippen LogP contribution >= 0.6 is 0 Å². The molecule has 0 aromatic heterocycles. The van der Waals surface area contributed by atoms with Gasteiger partial charge in [0.25, 0.3) is 10.1 Å². The van der Waals surface area contributed by atoms with Crippen molar-refractivity contribution < 1.29 is 13.0 Å². The van der Waals surface area contributed by atoms with Crippen LogP contribution in [0.2, 0.25) is 0 Å². The molecule has 0 bridgehead atoms. The van der Waals surface area contributed by atoms with Crippen molar-refractivity contribution in [3.63, 3.8) is 0 Å². The Morgan fingerprint density at radius 2 is 1.79 bits per heavy atom. The highest BCUT2D eigenvalue weighted by atomic mass is 32.2. The van der Waals surface area contributed by atoms with Gasteiger partial charge in [0.1, 0.15) is 0 Å². The molecule has 0 amide bonds. The van der Waals surface area contributed by atoms with Gasteiger partial charge in [0.2, 0.25) is 0 Å². The number of hydrogen-bond donors (Lipinski definition) is 3. The van der Waals surface area contributed by atoms with Crippen LogP contribution in [-0.2, 0) is 16.7 Å². The molecule has 1 aromatic rings. The molecule has 1 rings (SSSR count). The quantitative estimate of drug-likeness (QED) is 0.473. The first-order valence-electron chi connectivity index (χ1n) is 6.52. The summed E-state index contributed by atoms with van der Waals surface area (Å²) in [5, 5.41) is 3.18. The number of hydrogen-bond acceptors (Lipinski definition) is 4. The second kappa shape index (κ2) is 8.27. The maximum atomic E-state index is 11.2. The zero-order valence-electron chi connectivity index (χ0n) is 11.0. The highest BCUT2D eigenvalue weighted by molar-refractivity contribution is 7.85. The van der Waals surface area contributed by atoms with Crippen LogP contribution in [0.5, 0.6) is 0 Å². The molecule has 0 atom stereocenters. The molecule has 0 radical (unpaired) electrons. The highest BCUT2D eigenvalue weighted by Crippen LogP contribution is 2.14. The van der Waals surface area contributed by atoms with Crippen molar-refractivity contribution in [2.24, 2.45) is 5.73 Å². The summed E-state index contributed by atoms with van der Waals surface area (Å²) in [4.78, 5) is -0.0226. The smallest absolute Gasteiger partial charge is 0.294 e. The number of nitrogens with two attached hydrogens (primary N) is 1. The molecular weight excluding hydrogens is 264 g/mol. The number of rotatable bonds is 9. The first-order valence-corrected chi connectivity index (χ1v) is 7.96. The van der Waals surface area contributed by atoms with E-state index in [4.69, 9.17) is 10.3 Å². The third kappa shape index (κ3) is 6.15. The second-order valence-corrected chi connectivity index (χ2v) is 5.85. The molecule has 0 spiro atoms. The summed E-state index contributed by atoms with van der Waals surface area (Å²) in [7, 11) is -4.14. The molecule has 1 aromatic carbocycles. The van der Waals surface area contributed by atoms with E-state index in [-0.39, 0.29) is 4.90 Å². The van der Waals surface area contributed by atoms with Crippen LogP contribution in [0.3, 0.4) is 0 Å². The molecule has 0 unspecified atom stereocenters. The molecule has 5 nitrogen and oxygen atoms in total. The van der Waals surface area contributed by atoms with Gasteiger partial charge < -0.3 is 11.1 Å². The van der Waals surface area contributed by atoms with Gasteiger partial charge in [-0.1, -0.05) is 31.0 Å². The lowest BCUT2D eigenvalue weighted by atomic mass is 10.2. The first-order chi connectivity index (χ1) is 9.05. The molecule has 0 saturated carbocycles. The van der Waals surface area contributed by atoms with Crippen molar-refractivity contribution in [1.82, 2.24) is 5.32 Å². The van der Waals surface area contributed by atoms with Gasteiger partial charge in [-0.15, -0.1) is 0 Å². The van der Waals surface area contributed by atoms with Crippen molar-refractivity contribution in [3.05, 3.63) is 29.8 Å². The molecule has 0 aliphatic heterocycles. The standard InChI is InChI=1S/C13H22N2O3S/c14-9-5-1-2-6-10-15-11-12-7-3-4-8-13(12)19(16,17)18/h3-4,7-8,15H,1-2,5-6,9-11,14H2,(H,16,17,18). The fourth-order valence-corrected chi connectivity index (χ4v) is 2.59. The van der Waals surface area contributed by atoms with Gasteiger partial charge in [0.05, 0.1) is 4.90 Å². The number of benzene rings is 1. The fourth-order valence-electron chi connectivity index (χ4n) is 1.87. The van der Waals surface area contributed by atoms with Crippen LogP contribution in [0.25, 0.3) is 0 Å². The number of unbranched alkanes of at least 4 members (excludes halogenated alkanes) is 3. The topological polar surface area (TPSA) is 92.4 Å². The van der Waals surface area contributed by atoms with E-state index < -0.39 is 10.1 Å². The SMILES string of the molecule is NCCCCCCNCc1ccccc1S(=O)(=O)O. The Labute approximate surface area is 115 Å². The van der Waals surface area contributed by atoms with Gasteiger partial charge in [-0.2, -0.15) is 8.42 Å². The first kappa shape index (κ1) is 16.1. The van der Waals surface area contributed by atoms with E-state index in [0.29, 0.717) is 12.1 Å². The van der Waals surface area contributed by atoms with E-state index in [2.05, 4.69) is 5.32 Å². The predicted octanol–water partition coefficient (Wildman–Crippen LogP) is 1.54. The summed E-state index contributed by atoms with van der Waals surface area (Å²) in [5.74, 6) is 0. The van der Waals surface area contributed by atoms with Crippen LogP contribution in [0, 0.1) is 0 Å². The van der Waals surface area contributed by atoms with E-state index in [9.17, 15) is 8.42 Å². The molecule has 108 valence electrons. The Morgan fingerprint density at radius 1 is 1.11 bits per heavy atom. The Hall–Kier alpha value is -0.950. The van der Waals surface area contributed by atoms with Crippen molar-refractivity contribution in [3.8, 4) is 0 Å². The van der Waals surface area contributed by atoms with Gasteiger partial charge in [0.15, 0.2) is 0 Å². The van der Waals surface area contributed by atoms with Crippen LogP contribution < -0.4 is 11.1 Å². The number of nitrogens with one attached hydrogen (secondary N) is 1. The average Bonchev–Trinajstić information content (AvgIpc) is 2.37. The van der Waals surface area contributed by atoms with E-state index >= 15 is 0 Å². The van der Waals surface area contributed by atoms with E-state index in [0.717, 1.165) is 38.8 Å². The Bertz CT molecular complexity index is 475. The summed E-state index contributed by atoms with van der Waals surface area (Å²) in [6, 6.07) is 6.46. The van der Waals surface area contributed by atoms with Gasteiger partial charge >= 0.3 is 0 Å². The molecule has 0 aliphatic rings. The Balaban J connectivity index is 2.38. The minimum absolute atomic E-state index is 0.0226. The monoisotopic (exact) mass is 286 g/mol. The molecule has 4 N–H and O–H groups in total. The Morgan fingerprint density at radius 3 is 2.47 bits per heavy atom. The molecule has 0 fully saturated rings. The van der Waals surface area contributed by atoms with Crippen LogP contribution in [0.4, 0.5) is 0 Å². The minimum atomic E-state index is -4.14. The van der Waals surface area contributed by atoms with Crippen LogP contribution in [-0.4, -0.2) is 26.1 Å². The van der Waals surface area contributed by atoms with Crippen molar-refractivity contribution >= 4 is 10.1 Å². The summed E-state index contributed by atoms with van der Waals surface area (Å²) in [5.41, 5.74) is 6.00. The third-order valence-corrected chi connectivity index (χ3v) is 3.83. The molecule has 0 aliphatic carbocycles. The van der Waals surface area contributed by atoms with Crippen molar-refractivity contribution in [2.75, 3.05) is 13.1 Å². The summed E-state index contributed by atoms with van der Waals surface area (Å²) in [6.07, 6.45) is 4.32. The van der Waals surface area contributed by atoms with E-state index in [1.54, 1.807) is 18.2 Å². The minimum Gasteiger partial charge on any atom is -0.330 e. The largest absolute Gasteiger partial charge is 0.330 e. The molecule has 19 heavy (non-hydrogen) atoms. The van der Waals surface area contributed by atoms with Gasteiger partial charge in [0, 0.05) is 6.54 Å². The highest BCUT2D eigenvalue weighted by Gasteiger charge is 2.13. The van der Waals surface area contributed by atoms with Crippen LogP contribution in [0.1, 0.15) is 31.2 Å². The maximum absolute atomic E-state index is 11.2. The van der Waals surface area contributed by atoms with Crippen molar-refractivity contribution in [1.29, 1.82) is 0 Å². The third-order valence-electron chi connectivity index (χ3n) is 2.87. The van der Waals surface area contributed by atoms with Crippen molar-refractivity contribution in [2.45, 2.75) is 37.1 Å². The summed E-state index contributed by atoms with van der Waals surface area (Å²) < 4.78 is 31.5. The van der Waals surface area contributed by atoms with Gasteiger partial charge in [-0.3, -0.25) is 4.55 Å². The summed E-state index contributed by atoms with van der Waals surface area (Å²) >= 11 is 0. The maximum Gasteiger partial charge on any atom is 0.294 e. The zero-order chi connectivity index (χ0) is 14.1. The van der Waals surface area contributed by atoms with Gasteiger partial charge in [-0.05, 0) is 37.6 Å². The second-order valence-electron chi connectivity index (χ2n) is 4.46. The van der Waals surface area contributed by atoms with Gasteiger partial charge in [-0.25, -0.2) is 0 Å². The summed E-state index contributed by atoms with van der Waals surface area (Å²) in [6.45, 7) is 1.99. The molecular formula is C13H22N2O3S. The molecule has 6 heteroatoms. The van der Waals surface area contributed by atoms with E-state index in [1.165, 1.54) is 6.07 Å². The zero-order valence-corrected chi connectivity index (χ0v) is 11.8. The molecule has 0 heterocycles. The lowest BCUT2D eigenvalue weighted by Gasteiger charge is -2.08. The predicted molar refractivity (Wildman–Crippen MR) is 75.5 cm³/mol. The Kier molecular flexibility index (Phi) is 7.01. The molecule has 0 saturated heterocycles. The lowest BCUT2D eigenvalue weighted by molar-refractivity contribution is 0.481. The average molecular weight is 286 g/mol. The lowest BCUT2D eigenvalue weighted by Crippen LogP contribution is -2.17. The fraction of sp³-hybridized carbons (Fsp3) is 0.538. The van der Waals surface area contributed by atoms with Crippen LogP contribution in [0.15, 0.2) is 29.2 Å². The normalized spacial score (nSPS) is 11.7.